The maximum atomic E-state index is 12.4. The third-order valence-corrected chi connectivity index (χ3v) is 5.16. The van der Waals surface area contributed by atoms with E-state index in [-0.39, 0.29) is 10.9 Å². The van der Waals surface area contributed by atoms with Crippen molar-refractivity contribution in [2.75, 3.05) is 25.4 Å². The molecule has 3 N–H and O–H groups in total. The van der Waals surface area contributed by atoms with Crippen LogP contribution in [0.1, 0.15) is 25.3 Å². The molecule has 2 rings (SSSR count). The molecule has 0 saturated carbocycles. The smallest absolute Gasteiger partial charge is 0.240 e. The van der Waals surface area contributed by atoms with Gasteiger partial charge in [0.15, 0.2) is 0 Å². The molecular weight excluding hydrogens is 274 g/mol. The molecule has 0 aliphatic carbocycles. The average molecular weight is 297 g/mol. The molecule has 1 unspecified atom stereocenters. The molecule has 1 atom stereocenters. The molecule has 0 amide bonds. The van der Waals surface area contributed by atoms with E-state index in [0.29, 0.717) is 5.69 Å². The van der Waals surface area contributed by atoms with E-state index in [1.165, 1.54) is 6.07 Å². The molecular formula is C14H23N3O2S. The molecule has 1 heterocycles. The van der Waals surface area contributed by atoms with Gasteiger partial charge in [0.2, 0.25) is 10.0 Å². The van der Waals surface area contributed by atoms with Gasteiger partial charge in [-0.25, -0.2) is 13.1 Å². The van der Waals surface area contributed by atoms with Crippen LogP contribution >= 0.6 is 0 Å². The highest BCUT2D eigenvalue weighted by atomic mass is 32.2. The number of hydrogen-bond donors (Lipinski definition) is 2. The molecule has 0 spiro atoms. The average Bonchev–Trinajstić information content (AvgIpc) is 2.37. The Morgan fingerprint density at radius 3 is 2.80 bits per heavy atom. The number of aryl methyl sites for hydroxylation is 1. The maximum absolute atomic E-state index is 12.4. The van der Waals surface area contributed by atoms with Gasteiger partial charge in [-0.05, 0) is 56.6 Å². The SMILES string of the molecule is CCN1CCCC(NS(=O)(=O)c2cc(C)cc(N)c2)C1. The highest BCUT2D eigenvalue weighted by Gasteiger charge is 2.24. The summed E-state index contributed by atoms with van der Waals surface area (Å²) in [6.45, 7) is 6.71. The number of nitrogen functional groups attached to an aromatic ring is 1. The second-order valence-corrected chi connectivity index (χ2v) is 7.15. The second kappa shape index (κ2) is 6.11. The van der Waals surface area contributed by atoms with Crippen molar-refractivity contribution in [3.05, 3.63) is 23.8 Å². The van der Waals surface area contributed by atoms with Crippen LogP contribution in [0.15, 0.2) is 23.1 Å². The molecule has 1 aliphatic rings. The summed E-state index contributed by atoms with van der Waals surface area (Å²) >= 11 is 0. The van der Waals surface area contributed by atoms with Crippen LogP contribution in [0, 0.1) is 6.92 Å². The highest BCUT2D eigenvalue weighted by Crippen LogP contribution is 2.18. The quantitative estimate of drug-likeness (QED) is 0.822. The zero-order valence-electron chi connectivity index (χ0n) is 12.1. The summed E-state index contributed by atoms with van der Waals surface area (Å²) in [5, 5.41) is 0. The van der Waals surface area contributed by atoms with E-state index in [9.17, 15) is 8.42 Å². The molecule has 6 heteroatoms. The fourth-order valence-electron chi connectivity index (χ4n) is 2.66. The summed E-state index contributed by atoms with van der Waals surface area (Å²) in [5.74, 6) is 0. The maximum Gasteiger partial charge on any atom is 0.240 e. The van der Waals surface area contributed by atoms with Gasteiger partial charge < -0.3 is 10.6 Å². The Kier molecular flexibility index (Phi) is 4.67. The number of piperidine rings is 1. The second-order valence-electron chi connectivity index (χ2n) is 5.43. The first-order chi connectivity index (χ1) is 9.40. The van der Waals surface area contributed by atoms with Gasteiger partial charge in [-0.3, -0.25) is 0 Å². The van der Waals surface area contributed by atoms with Crippen LogP contribution in [0.2, 0.25) is 0 Å². The standard InChI is InChI=1S/C14H23N3O2S/c1-3-17-6-4-5-13(10-17)16-20(18,19)14-8-11(2)7-12(15)9-14/h7-9,13,16H,3-6,10,15H2,1-2H3. The van der Waals surface area contributed by atoms with E-state index in [1.807, 2.05) is 6.92 Å². The molecule has 112 valence electrons. The van der Waals surface area contributed by atoms with Crippen LogP contribution in [0.3, 0.4) is 0 Å². The van der Waals surface area contributed by atoms with Crippen molar-refractivity contribution in [3.8, 4) is 0 Å². The van der Waals surface area contributed by atoms with Crippen LogP contribution in [0.5, 0.6) is 0 Å². The van der Waals surface area contributed by atoms with Crippen molar-refractivity contribution < 1.29 is 8.42 Å². The molecule has 0 radical (unpaired) electrons. The van der Waals surface area contributed by atoms with Gasteiger partial charge in [-0.15, -0.1) is 0 Å². The van der Waals surface area contributed by atoms with Gasteiger partial charge in [0.1, 0.15) is 0 Å². The van der Waals surface area contributed by atoms with Crippen molar-refractivity contribution >= 4 is 15.7 Å². The number of benzene rings is 1. The first-order valence-corrected chi connectivity index (χ1v) is 8.51. The lowest BCUT2D eigenvalue weighted by molar-refractivity contribution is 0.211. The zero-order valence-corrected chi connectivity index (χ0v) is 12.9. The molecule has 1 fully saturated rings. The third-order valence-electron chi connectivity index (χ3n) is 3.66. The highest BCUT2D eigenvalue weighted by molar-refractivity contribution is 7.89. The Morgan fingerprint density at radius 2 is 2.15 bits per heavy atom. The summed E-state index contributed by atoms with van der Waals surface area (Å²) in [7, 11) is -3.49. The summed E-state index contributed by atoms with van der Waals surface area (Å²) in [6.07, 6.45) is 1.91. The van der Waals surface area contributed by atoms with E-state index in [2.05, 4.69) is 16.5 Å². The van der Waals surface area contributed by atoms with Gasteiger partial charge in [-0.2, -0.15) is 0 Å². The Hall–Kier alpha value is -1.11. The Labute approximate surface area is 121 Å². The Bertz CT molecular complexity index is 552. The molecule has 20 heavy (non-hydrogen) atoms. The Balaban J connectivity index is 2.14. The van der Waals surface area contributed by atoms with Gasteiger partial charge in [0.25, 0.3) is 0 Å². The minimum absolute atomic E-state index is 0.0181. The lowest BCUT2D eigenvalue weighted by Crippen LogP contribution is -2.47. The summed E-state index contributed by atoms with van der Waals surface area (Å²) in [6, 6.07) is 4.91. The summed E-state index contributed by atoms with van der Waals surface area (Å²) < 4.78 is 27.6. The van der Waals surface area contributed by atoms with Gasteiger partial charge in [0, 0.05) is 18.3 Å². The lowest BCUT2D eigenvalue weighted by atomic mass is 10.1. The lowest BCUT2D eigenvalue weighted by Gasteiger charge is -2.32. The van der Waals surface area contributed by atoms with E-state index in [4.69, 9.17) is 5.73 Å². The van der Waals surface area contributed by atoms with Crippen LogP contribution in [0.25, 0.3) is 0 Å². The van der Waals surface area contributed by atoms with Crippen molar-refractivity contribution in [1.29, 1.82) is 0 Å². The Morgan fingerprint density at radius 1 is 1.40 bits per heavy atom. The summed E-state index contributed by atoms with van der Waals surface area (Å²) in [5.41, 5.74) is 7.06. The molecule has 0 aromatic heterocycles. The van der Waals surface area contributed by atoms with Crippen molar-refractivity contribution in [2.24, 2.45) is 0 Å². The molecule has 1 saturated heterocycles. The fourth-order valence-corrected chi connectivity index (χ4v) is 4.06. The zero-order chi connectivity index (χ0) is 14.8. The summed E-state index contributed by atoms with van der Waals surface area (Å²) in [4.78, 5) is 2.52. The van der Waals surface area contributed by atoms with Crippen molar-refractivity contribution in [3.63, 3.8) is 0 Å². The number of likely N-dealkylation sites (tertiary alicyclic amines) is 1. The van der Waals surface area contributed by atoms with Crippen LogP contribution in [-0.2, 0) is 10.0 Å². The number of nitrogens with two attached hydrogens (primary N) is 1. The molecule has 0 bridgehead atoms. The van der Waals surface area contributed by atoms with Gasteiger partial charge >= 0.3 is 0 Å². The molecule has 1 aromatic carbocycles. The third kappa shape index (κ3) is 3.71. The number of nitrogens with zero attached hydrogens (tertiary/aromatic N) is 1. The van der Waals surface area contributed by atoms with Crippen molar-refractivity contribution in [2.45, 2.75) is 37.6 Å². The number of anilines is 1. The van der Waals surface area contributed by atoms with Gasteiger partial charge in [0.05, 0.1) is 4.90 Å². The van der Waals surface area contributed by atoms with E-state index in [1.54, 1.807) is 12.1 Å². The predicted octanol–water partition coefficient (Wildman–Crippen LogP) is 1.34. The minimum atomic E-state index is -3.49. The minimum Gasteiger partial charge on any atom is -0.399 e. The van der Waals surface area contributed by atoms with Crippen LogP contribution < -0.4 is 10.5 Å². The molecule has 1 aliphatic heterocycles. The van der Waals surface area contributed by atoms with E-state index >= 15 is 0 Å². The number of hydrogen-bond acceptors (Lipinski definition) is 4. The first-order valence-electron chi connectivity index (χ1n) is 7.02. The molecule has 1 aromatic rings. The first kappa shape index (κ1) is 15.3. The van der Waals surface area contributed by atoms with Crippen LogP contribution in [0.4, 0.5) is 5.69 Å². The van der Waals surface area contributed by atoms with E-state index < -0.39 is 10.0 Å². The number of nitrogens with one attached hydrogen (secondary N) is 1. The topological polar surface area (TPSA) is 75.4 Å². The number of likely N-dealkylation sites (N-methyl/N-ethyl adjacent to an activating group) is 1. The number of sulfonamides is 1. The number of rotatable bonds is 4. The fraction of sp³-hybridized carbons (Fsp3) is 0.571. The monoisotopic (exact) mass is 297 g/mol. The normalized spacial score (nSPS) is 21.0. The van der Waals surface area contributed by atoms with Crippen molar-refractivity contribution in [1.82, 2.24) is 9.62 Å². The van der Waals surface area contributed by atoms with E-state index in [0.717, 1.165) is 38.0 Å². The van der Waals surface area contributed by atoms with Crippen LogP contribution in [-0.4, -0.2) is 39.0 Å². The largest absolute Gasteiger partial charge is 0.399 e. The predicted molar refractivity (Wildman–Crippen MR) is 81.0 cm³/mol. The molecule has 5 nitrogen and oxygen atoms in total. The van der Waals surface area contributed by atoms with Gasteiger partial charge in [-0.1, -0.05) is 6.92 Å².